The number of carbonyl (C=O) groups is 1. The Morgan fingerprint density at radius 3 is 2.12 bits per heavy atom. The van der Waals surface area contributed by atoms with Gasteiger partial charge in [0.25, 0.3) is 0 Å². The van der Waals surface area contributed by atoms with Gasteiger partial charge in [-0.2, -0.15) is 0 Å². The lowest BCUT2D eigenvalue weighted by molar-refractivity contribution is -0.0539. The molecule has 0 saturated carbocycles. The molecule has 0 bridgehead atoms. The minimum atomic E-state index is -4.56. The number of para-hydroxylation sites is 1. The Hall–Kier alpha value is -7.78. The van der Waals surface area contributed by atoms with Crippen molar-refractivity contribution in [1.29, 1.82) is 0 Å². The van der Waals surface area contributed by atoms with E-state index in [1.807, 2.05) is 28.9 Å². The first-order valence-electron chi connectivity index (χ1n) is 25.6. The molecular weight excluding hydrogens is 1130 g/mol. The Labute approximate surface area is 468 Å². The molecule has 0 radical (unpaired) electrons. The number of rotatable bonds is 11. The molecule has 13 rings (SSSR count). The highest BCUT2D eigenvalue weighted by Crippen LogP contribution is 2.64. The van der Waals surface area contributed by atoms with E-state index in [1.165, 1.54) is 34.4 Å². The van der Waals surface area contributed by atoms with E-state index in [4.69, 9.17) is 48.5 Å². The van der Waals surface area contributed by atoms with Gasteiger partial charge in [0.05, 0.1) is 43.7 Å². The molecule has 0 amide bonds. The molecule has 82 heavy (non-hydrogen) atoms. The minimum absolute atomic E-state index is 0.0317. The molecule has 0 aliphatic carbocycles. The number of hydrogen-bond acceptors (Lipinski definition) is 23. The fourth-order valence-corrected chi connectivity index (χ4v) is 14.5. The van der Waals surface area contributed by atoms with Gasteiger partial charge in [-0.1, -0.05) is 59.8 Å². The third-order valence-corrected chi connectivity index (χ3v) is 18.8. The second kappa shape index (κ2) is 22.2. The van der Waals surface area contributed by atoms with E-state index in [0.717, 1.165) is 40.3 Å². The van der Waals surface area contributed by atoms with Crippen molar-refractivity contribution >= 4 is 72.1 Å². The summed E-state index contributed by atoms with van der Waals surface area (Å²) in [4.78, 5) is 40.3. The second-order valence-electron chi connectivity index (χ2n) is 19.4. The summed E-state index contributed by atoms with van der Waals surface area (Å²) < 4.78 is 114. The molecule has 3 fully saturated rings. The van der Waals surface area contributed by atoms with E-state index in [0.29, 0.717) is 29.2 Å². The third-order valence-electron chi connectivity index (χ3n) is 14.3. The number of halogens is 2. The number of carbonyl (C=O) groups excluding carboxylic acids is 1. The molecule has 4 aliphatic heterocycles. The molecule has 0 spiro atoms. The van der Waals surface area contributed by atoms with Crippen LogP contribution < -0.4 is 25.8 Å². The van der Waals surface area contributed by atoms with E-state index in [9.17, 15) is 9.36 Å². The summed E-state index contributed by atoms with van der Waals surface area (Å²) in [5.41, 5.74) is 19.4. The van der Waals surface area contributed by atoms with Crippen LogP contribution in [0.3, 0.4) is 0 Å². The quantitative estimate of drug-likeness (QED) is 0.0711. The molecule has 9 heterocycles. The zero-order valence-corrected chi connectivity index (χ0v) is 45.7. The van der Waals surface area contributed by atoms with Crippen molar-refractivity contribution in [3.05, 3.63) is 139 Å². The fraction of sp³-hybridized carbons (Fsp3) is 0.288. The summed E-state index contributed by atoms with van der Waals surface area (Å²) in [5, 5.41) is 9.19. The van der Waals surface area contributed by atoms with Gasteiger partial charge in [-0.05, 0) is 65.0 Å². The summed E-state index contributed by atoms with van der Waals surface area (Å²) in [6.07, 6.45) is -8.33. The largest absolute Gasteiger partial charge is 0.492 e. The zero-order valence-electron chi connectivity index (χ0n) is 43.0. The summed E-state index contributed by atoms with van der Waals surface area (Å²) in [6, 6.07) is 29.3. The van der Waals surface area contributed by atoms with Crippen molar-refractivity contribution in [1.82, 2.24) is 54.0 Å². The molecule has 4 aromatic carbocycles. The lowest BCUT2D eigenvalue weighted by Crippen LogP contribution is -2.36. The number of nitrogen functional groups attached to an aromatic ring is 2. The van der Waals surface area contributed by atoms with Crippen LogP contribution in [0.25, 0.3) is 44.8 Å². The van der Waals surface area contributed by atoms with Crippen LogP contribution in [0.15, 0.2) is 122 Å². The van der Waals surface area contributed by atoms with Crippen molar-refractivity contribution in [3.63, 3.8) is 0 Å². The Bertz CT molecular complexity index is 3940. The molecule has 30 heteroatoms. The van der Waals surface area contributed by atoms with Crippen LogP contribution in [0.2, 0.25) is 0 Å². The number of fused-ring (bicyclic) bond motifs is 9. The Kier molecular flexibility index (Phi) is 14.5. The molecule has 9 aromatic rings. The highest BCUT2D eigenvalue weighted by Gasteiger charge is 2.54. The number of hydrogen-bond donors (Lipinski definition) is 2. The molecular formula is C52H48F2N14O11P2S. The lowest BCUT2D eigenvalue weighted by Gasteiger charge is -2.28. The van der Waals surface area contributed by atoms with Gasteiger partial charge < -0.3 is 44.4 Å². The first-order valence-corrected chi connectivity index (χ1v) is 29.9. The number of ether oxygens (including phenoxy) is 4. The van der Waals surface area contributed by atoms with Crippen LogP contribution in [0.4, 0.5) is 26.1 Å². The van der Waals surface area contributed by atoms with Crippen LogP contribution in [0, 0.1) is 0 Å². The van der Waals surface area contributed by atoms with Crippen molar-refractivity contribution in [2.24, 2.45) is 0 Å². The van der Waals surface area contributed by atoms with E-state index in [2.05, 4.69) is 76.4 Å². The van der Waals surface area contributed by atoms with Gasteiger partial charge in [0.2, 0.25) is 0 Å². The number of esters is 1. The number of nitrogens with zero attached hydrogens (tertiary/aromatic N) is 12. The van der Waals surface area contributed by atoms with Crippen molar-refractivity contribution in [3.8, 4) is 34.0 Å². The maximum atomic E-state index is 16.9. The van der Waals surface area contributed by atoms with E-state index in [-0.39, 0.29) is 57.6 Å². The summed E-state index contributed by atoms with van der Waals surface area (Å²) in [7, 11) is -1.50. The maximum absolute atomic E-state index is 16.9. The summed E-state index contributed by atoms with van der Waals surface area (Å²) >= 11 is 0.691. The molecule has 1 unspecified atom stereocenters. The van der Waals surface area contributed by atoms with Crippen LogP contribution >= 0.6 is 26.4 Å². The predicted octanol–water partition coefficient (Wildman–Crippen LogP) is 7.72. The number of alkyl halides is 2. The van der Waals surface area contributed by atoms with Crippen LogP contribution in [-0.4, -0.2) is 124 Å². The standard InChI is InChI=1S/C52H48F2N14O11P2S/c1-65-20-30-6-2-3-7-33(30)40-43(34-8-4-5-9-35(34)65)68(64-63-40)18-19-72-31-16-12-29(13-17-31)52(69)75-32-14-10-28(11-15-32)23-82-81(71)74-22-37-44(38(53)50(77-37)66-26-61-41-46(55)57-24-59-48(41)66)78-80(70)73-21-36-45(79-81)39(54)51(76-36)67-27-62-42-47(56)58-25-60-49(42)67/h2-17,24-27,36-39,44-45,50-51,80H,18-23H2,1H3,(H2,55,57,59)(H2,56,58,60)/t36-,37-,38-,39-,44-,45-,50-,51-,81-/m1/s1. The van der Waals surface area contributed by atoms with Gasteiger partial charge in [0.15, 0.2) is 47.7 Å². The van der Waals surface area contributed by atoms with Gasteiger partial charge in [-0.15, -0.1) is 5.10 Å². The molecule has 4 aliphatic rings. The smallest absolute Gasteiger partial charge is 0.389 e. The van der Waals surface area contributed by atoms with Crippen molar-refractivity contribution in [2.45, 2.75) is 68.1 Å². The van der Waals surface area contributed by atoms with E-state index >= 15 is 13.3 Å². The summed E-state index contributed by atoms with van der Waals surface area (Å²) in [5.74, 6) is 0.113. The average molecular weight is 1180 g/mol. The Morgan fingerprint density at radius 1 is 0.780 bits per heavy atom. The fourth-order valence-electron chi connectivity index (χ4n) is 10.3. The number of imidazole rings is 2. The molecule has 3 saturated heterocycles. The molecule has 5 aromatic heterocycles. The highest BCUT2D eigenvalue weighted by atomic mass is 32.7. The molecule has 4 N–H and O–H groups in total. The molecule has 10 atom stereocenters. The maximum Gasteiger partial charge on any atom is 0.389 e. The number of nitrogens with two attached hydrogens (primary N) is 2. The minimum Gasteiger partial charge on any atom is -0.492 e. The first-order chi connectivity index (χ1) is 39.9. The van der Waals surface area contributed by atoms with Crippen LogP contribution in [-0.2, 0) is 55.5 Å². The van der Waals surface area contributed by atoms with Gasteiger partial charge in [0.1, 0.15) is 71.9 Å². The molecule has 422 valence electrons. The van der Waals surface area contributed by atoms with Gasteiger partial charge >= 0.3 is 21.0 Å². The third kappa shape index (κ3) is 10.2. The van der Waals surface area contributed by atoms with E-state index < -0.39 is 83.5 Å². The number of anilines is 3. The second-order valence-corrected chi connectivity index (χ2v) is 24.4. The van der Waals surface area contributed by atoms with Gasteiger partial charge in [0, 0.05) is 36.2 Å². The zero-order chi connectivity index (χ0) is 56.2. The van der Waals surface area contributed by atoms with Crippen LogP contribution in [0.1, 0.15) is 33.9 Å². The Balaban J connectivity index is 0.684. The van der Waals surface area contributed by atoms with Crippen molar-refractivity contribution < 1.29 is 59.7 Å². The van der Waals surface area contributed by atoms with E-state index in [1.54, 1.807) is 48.5 Å². The molecule has 25 nitrogen and oxygen atoms in total. The number of benzene rings is 4. The van der Waals surface area contributed by atoms with Crippen LogP contribution in [0.5, 0.6) is 11.5 Å². The highest BCUT2D eigenvalue weighted by molar-refractivity contribution is 8.54. The first kappa shape index (κ1) is 53.5. The summed E-state index contributed by atoms with van der Waals surface area (Å²) in [6.45, 7) is -4.46. The number of aromatic nitrogens is 11. The topological polar surface area (TPSA) is 298 Å². The lowest BCUT2D eigenvalue weighted by atomic mass is 9.96. The van der Waals surface area contributed by atoms with Gasteiger partial charge in [-0.3, -0.25) is 22.7 Å². The van der Waals surface area contributed by atoms with Crippen molar-refractivity contribution in [2.75, 3.05) is 43.2 Å². The SMILES string of the molecule is CN1Cc2ccccc2-c2nnn(CCOc3ccc(C(=O)Oc4ccc(CS[P@]5(=O)OC[C@H]6O[C@@H](n7cnc8c(N)ncnc87)[C@H](F)[C@@H]6O[PH](=O)OC[C@H]6O[C@@H](n7cnc8c(N)ncnc87)[C@H](F)[C@@H]6O5)cc4)cc3)c2-c2ccccc21. The average Bonchev–Trinajstić information content (AvgIpc) is 4.51. The monoisotopic (exact) mass is 1180 g/mol. The predicted molar refractivity (Wildman–Crippen MR) is 293 cm³/mol. The Morgan fingerprint density at radius 2 is 1.41 bits per heavy atom. The van der Waals surface area contributed by atoms with Gasteiger partial charge in [-0.25, -0.2) is 52.7 Å². The normalized spacial score (nSPS) is 25.4.